The number of carbonyl (C=O) groups is 2. The van der Waals surface area contributed by atoms with Gasteiger partial charge in [-0.2, -0.15) is 0 Å². The highest BCUT2D eigenvalue weighted by Crippen LogP contribution is 2.22. The van der Waals surface area contributed by atoms with Crippen LogP contribution in [-0.4, -0.2) is 26.3 Å². The van der Waals surface area contributed by atoms with Gasteiger partial charge in [-0.1, -0.05) is 26.0 Å². The Morgan fingerprint density at radius 3 is 2.33 bits per heavy atom. The number of fused-ring (bicyclic) bond motifs is 1. The summed E-state index contributed by atoms with van der Waals surface area (Å²) in [4.78, 5) is 57.7. The first-order chi connectivity index (χ1) is 17.2. The number of nitrogens with zero attached hydrogens (tertiary/aromatic N) is 2. The summed E-state index contributed by atoms with van der Waals surface area (Å²) in [5.41, 5.74) is 0.249. The van der Waals surface area contributed by atoms with Gasteiger partial charge >= 0.3 is 5.69 Å². The Kier molecular flexibility index (Phi) is 6.77. The number of hydrogen-bond acceptors (Lipinski definition) is 5. The monoisotopic (exact) mass is 489 g/mol. The van der Waals surface area contributed by atoms with E-state index in [9.17, 15) is 23.6 Å². The number of nitrogens with one attached hydrogen (secondary N) is 3. The Labute approximate surface area is 205 Å². The van der Waals surface area contributed by atoms with Gasteiger partial charge in [0.25, 0.3) is 17.4 Å². The van der Waals surface area contributed by atoms with Crippen LogP contribution in [0.3, 0.4) is 0 Å². The fraction of sp³-hybridized carbons (Fsp3) is 0.192. The third-order valence-electron chi connectivity index (χ3n) is 5.59. The number of anilines is 2. The van der Waals surface area contributed by atoms with Crippen molar-refractivity contribution >= 4 is 34.2 Å². The molecule has 4 rings (SSSR count). The molecule has 0 aliphatic rings. The van der Waals surface area contributed by atoms with Gasteiger partial charge in [-0.15, -0.1) is 0 Å². The Bertz CT molecular complexity index is 1610. The number of benzene rings is 2. The summed E-state index contributed by atoms with van der Waals surface area (Å²) >= 11 is 0. The fourth-order valence-corrected chi connectivity index (χ4v) is 3.77. The molecular weight excluding hydrogens is 465 g/mol. The van der Waals surface area contributed by atoms with E-state index in [0.717, 1.165) is 0 Å². The van der Waals surface area contributed by atoms with Gasteiger partial charge in [-0.3, -0.25) is 23.9 Å². The SMILES string of the molecule is CCn1c(=O)[nH]c(=O)c2c(C(=O)Nc3cccc(C(=O)Nc4cccc(F)c4)c3)cc(C(C)C)nc21. The zero-order valence-electron chi connectivity index (χ0n) is 19.9. The molecule has 2 amide bonds. The number of aromatic nitrogens is 3. The maximum absolute atomic E-state index is 13.4. The van der Waals surface area contributed by atoms with Crippen LogP contribution < -0.4 is 21.9 Å². The summed E-state index contributed by atoms with van der Waals surface area (Å²) in [6, 6.07) is 13.2. The average Bonchev–Trinajstić information content (AvgIpc) is 2.83. The predicted molar refractivity (Wildman–Crippen MR) is 135 cm³/mol. The number of aryl methyl sites for hydroxylation is 1. The van der Waals surface area contributed by atoms with E-state index in [1.807, 2.05) is 13.8 Å². The van der Waals surface area contributed by atoms with Gasteiger partial charge in [0.1, 0.15) is 5.82 Å². The van der Waals surface area contributed by atoms with Gasteiger partial charge in [0, 0.05) is 29.2 Å². The highest BCUT2D eigenvalue weighted by atomic mass is 19.1. The molecule has 2 aromatic carbocycles. The molecule has 0 aliphatic heterocycles. The average molecular weight is 490 g/mol. The van der Waals surface area contributed by atoms with Crippen LogP contribution in [0.5, 0.6) is 0 Å². The van der Waals surface area contributed by atoms with E-state index >= 15 is 0 Å². The molecule has 36 heavy (non-hydrogen) atoms. The van der Waals surface area contributed by atoms with Gasteiger partial charge in [-0.25, -0.2) is 14.2 Å². The maximum Gasteiger partial charge on any atom is 0.329 e. The van der Waals surface area contributed by atoms with Crippen molar-refractivity contribution in [1.82, 2.24) is 14.5 Å². The fourth-order valence-electron chi connectivity index (χ4n) is 3.77. The lowest BCUT2D eigenvalue weighted by Crippen LogP contribution is -2.32. The topological polar surface area (TPSA) is 126 Å². The first kappa shape index (κ1) is 24.5. The van der Waals surface area contributed by atoms with Crippen molar-refractivity contribution in [1.29, 1.82) is 0 Å². The zero-order valence-corrected chi connectivity index (χ0v) is 19.9. The summed E-state index contributed by atoms with van der Waals surface area (Å²) in [5.74, 6) is -1.64. The molecule has 9 nitrogen and oxygen atoms in total. The van der Waals surface area contributed by atoms with E-state index in [1.54, 1.807) is 31.2 Å². The van der Waals surface area contributed by atoms with Gasteiger partial charge < -0.3 is 10.6 Å². The van der Waals surface area contributed by atoms with E-state index < -0.39 is 28.9 Å². The minimum Gasteiger partial charge on any atom is -0.322 e. The van der Waals surface area contributed by atoms with Crippen molar-refractivity contribution in [2.75, 3.05) is 10.6 Å². The summed E-state index contributed by atoms with van der Waals surface area (Å²) in [5, 5.41) is 5.32. The molecule has 2 heterocycles. The predicted octanol–water partition coefficient (Wildman–Crippen LogP) is 3.87. The van der Waals surface area contributed by atoms with Crippen LogP contribution in [-0.2, 0) is 6.54 Å². The summed E-state index contributed by atoms with van der Waals surface area (Å²) < 4.78 is 14.7. The second-order valence-corrected chi connectivity index (χ2v) is 8.45. The third kappa shape index (κ3) is 4.92. The molecule has 4 aromatic rings. The lowest BCUT2D eigenvalue weighted by atomic mass is 10.0. The van der Waals surface area contributed by atoms with Gasteiger partial charge in [0.05, 0.1) is 10.9 Å². The lowest BCUT2D eigenvalue weighted by Gasteiger charge is -2.14. The van der Waals surface area contributed by atoms with Crippen LogP contribution in [0.4, 0.5) is 15.8 Å². The van der Waals surface area contributed by atoms with Crippen molar-refractivity contribution in [2.24, 2.45) is 0 Å². The number of rotatable bonds is 6. The van der Waals surface area contributed by atoms with E-state index in [2.05, 4.69) is 20.6 Å². The molecule has 0 saturated heterocycles. The molecule has 0 radical (unpaired) electrons. The lowest BCUT2D eigenvalue weighted by molar-refractivity contribution is 0.101. The Balaban J connectivity index is 1.70. The molecule has 0 aliphatic carbocycles. The van der Waals surface area contributed by atoms with Crippen molar-refractivity contribution in [2.45, 2.75) is 33.2 Å². The van der Waals surface area contributed by atoms with E-state index in [0.29, 0.717) is 17.1 Å². The van der Waals surface area contributed by atoms with Gasteiger partial charge in [-0.05, 0) is 55.3 Å². The van der Waals surface area contributed by atoms with Crippen LogP contribution in [0, 0.1) is 5.82 Å². The van der Waals surface area contributed by atoms with Crippen LogP contribution in [0.15, 0.2) is 64.2 Å². The number of H-pyrrole nitrogens is 1. The molecule has 10 heteroatoms. The first-order valence-corrected chi connectivity index (χ1v) is 11.3. The molecular formula is C26H24FN5O4. The minimum atomic E-state index is -0.712. The number of hydrogen-bond donors (Lipinski definition) is 3. The smallest absolute Gasteiger partial charge is 0.322 e. The van der Waals surface area contributed by atoms with Crippen molar-refractivity contribution in [3.8, 4) is 0 Å². The van der Waals surface area contributed by atoms with Crippen molar-refractivity contribution < 1.29 is 14.0 Å². The number of halogens is 1. The number of carbonyl (C=O) groups excluding carboxylic acids is 2. The molecule has 2 aromatic heterocycles. The second kappa shape index (κ2) is 9.95. The molecule has 0 saturated carbocycles. The quantitative estimate of drug-likeness (QED) is 0.379. The van der Waals surface area contributed by atoms with Crippen LogP contribution >= 0.6 is 0 Å². The molecule has 0 atom stereocenters. The zero-order chi connectivity index (χ0) is 26.0. The third-order valence-corrected chi connectivity index (χ3v) is 5.59. The summed E-state index contributed by atoms with van der Waals surface area (Å²) in [7, 11) is 0. The van der Waals surface area contributed by atoms with E-state index in [1.165, 1.54) is 34.9 Å². The highest BCUT2D eigenvalue weighted by Gasteiger charge is 2.20. The second-order valence-electron chi connectivity index (χ2n) is 8.45. The standard InChI is InChI=1S/C26H24FN5O4/c1-4-32-22-21(25(35)31-26(32)36)19(13-20(30-22)14(2)3)24(34)29-17-9-5-7-15(11-17)23(33)28-18-10-6-8-16(27)12-18/h5-14H,4H2,1-3H3,(H,28,33)(H,29,34)(H,31,35,36). The van der Waals surface area contributed by atoms with E-state index in [4.69, 9.17) is 0 Å². The largest absolute Gasteiger partial charge is 0.329 e. The normalized spacial score (nSPS) is 11.0. The van der Waals surface area contributed by atoms with Gasteiger partial charge in [0.15, 0.2) is 5.65 Å². The summed E-state index contributed by atoms with van der Waals surface area (Å²) in [6.45, 7) is 5.77. The highest BCUT2D eigenvalue weighted by molar-refractivity contribution is 6.12. The molecule has 0 fully saturated rings. The Hall–Kier alpha value is -4.60. The minimum absolute atomic E-state index is 0.00153. The molecule has 0 spiro atoms. The van der Waals surface area contributed by atoms with Crippen LogP contribution in [0.25, 0.3) is 11.0 Å². The molecule has 184 valence electrons. The van der Waals surface area contributed by atoms with Crippen LogP contribution in [0.2, 0.25) is 0 Å². The number of amides is 2. The van der Waals surface area contributed by atoms with E-state index in [-0.39, 0.29) is 34.6 Å². The number of aromatic amines is 1. The number of pyridine rings is 1. The van der Waals surface area contributed by atoms with Gasteiger partial charge in [0.2, 0.25) is 0 Å². The first-order valence-electron chi connectivity index (χ1n) is 11.3. The van der Waals surface area contributed by atoms with Crippen molar-refractivity contribution in [3.63, 3.8) is 0 Å². The molecule has 0 bridgehead atoms. The Morgan fingerprint density at radius 2 is 1.67 bits per heavy atom. The van der Waals surface area contributed by atoms with Crippen molar-refractivity contribution in [3.05, 3.63) is 98.1 Å². The molecule has 0 unspecified atom stereocenters. The Morgan fingerprint density at radius 1 is 1.00 bits per heavy atom. The van der Waals surface area contributed by atoms with Crippen LogP contribution in [0.1, 0.15) is 53.1 Å². The molecule has 3 N–H and O–H groups in total. The maximum atomic E-state index is 13.4. The summed E-state index contributed by atoms with van der Waals surface area (Å²) in [6.07, 6.45) is 0.